The van der Waals surface area contributed by atoms with E-state index in [2.05, 4.69) is 19.2 Å². The maximum absolute atomic E-state index is 11.9. The highest BCUT2D eigenvalue weighted by Gasteiger charge is 2.11. The second kappa shape index (κ2) is 7.56. The number of ketones is 1. The molecule has 0 unspecified atom stereocenters. The fraction of sp³-hybridized carbons (Fsp3) is 0.294. The Kier molecular flexibility index (Phi) is 5.75. The first-order valence-corrected chi connectivity index (χ1v) is 8.33. The number of rotatable bonds is 6. The molecule has 1 amide bonds. The standard InChI is InChI=1S/C17H18ClNO2S/c1-11(2)12-3-5-13(6-4-12)19-17(21)10-7-14(20)15-8-9-16(18)22-15/h3-6,8-9,11H,7,10H2,1-2H3,(H,19,21). The number of Topliss-reactive ketones (excluding diaryl/α,β-unsaturated/α-hetero) is 1. The van der Waals surface area contributed by atoms with Crippen molar-refractivity contribution < 1.29 is 9.59 Å². The van der Waals surface area contributed by atoms with Crippen LogP contribution in [-0.2, 0) is 4.79 Å². The van der Waals surface area contributed by atoms with Crippen molar-refractivity contribution in [2.24, 2.45) is 0 Å². The molecule has 1 N–H and O–H groups in total. The molecular formula is C17H18ClNO2S. The molecule has 0 aliphatic heterocycles. The fourth-order valence-corrected chi connectivity index (χ4v) is 3.00. The summed E-state index contributed by atoms with van der Waals surface area (Å²) in [6.07, 6.45) is 0.354. The number of thiophene rings is 1. The quantitative estimate of drug-likeness (QED) is 0.744. The summed E-state index contributed by atoms with van der Waals surface area (Å²) in [6.45, 7) is 4.24. The van der Waals surface area contributed by atoms with Gasteiger partial charge in [-0.25, -0.2) is 0 Å². The molecule has 0 saturated heterocycles. The zero-order valence-electron chi connectivity index (χ0n) is 12.6. The van der Waals surface area contributed by atoms with Crippen LogP contribution in [0.3, 0.4) is 0 Å². The van der Waals surface area contributed by atoms with E-state index in [1.54, 1.807) is 12.1 Å². The second-order valence-corrected chi connectivity index (χ2v) is 7.07. The first kappa shape index (κ1) is 16.7. The van der Waals surface area contributed by atoms with Crippen LogP contribution in [0.1, 0.15) is 47.8 Å². The van der Waals surface area contributed by atoms with Gasteiger partial charge in [0.05, 0.1) is 9.21 Å². The molecular weight excluding hydrogens is 318 g/mol. The smallest absolute Gasteiger partial charge is 0.224 e. The Balaban J connectivity index is 1.84. The summed E-state index contributed by atoms with van der Waals surface area (Å²) in [5.74, 6) is 0.246. The van der Waals surface area contributed by atoms with Crippen LogP contribution in [0.15, 0.2) is 36.4 Å². The summed E-state index contributed by atoms with van der Waals surface area (Å²) in [7, 11) is 0. The van der Waals surface area contributed by atoms with Gasteiger partial charge in [0.25, 0.3) is 0 Å². The van der Waals surface area contributed by atoms with E-state index >= 15 is 0 Å². The lowest BCUT2D eigenvalue weighted by Gasteiger charge is -2.08. The highest BCUT2D eigenvalue weighted by Crippen LogP contribution is 2.23. The number of hydrogen-bond acceptors (Lipinski definition) is 3. The highest BCUT2D eigenvalue weighted by atomic mass is 35.5. The normalized spacial score (nSPS) is 10.7. The van der Waals surface area contributed by atoms with Gasteiger partial charge in [0, 0.05) is 18.5 Å². The van der Waals surface area contributed by atoms with Gasteiger partial charge < -0.3 is 5.32 Å². The molecule has 22 heavy (non-hydrogen) atoms. The molecule has 1 heterocycles. The zero-order valence-corrected chi connectivity index (χ0v) is 14.1. The zero-order chi connectivity index (χ0) is 16.1. The molecule has 1 aromatic heterocycles. The van der Waals surface area contributed by atoms with Crippen molar-refractivity contribution in [1.82, 2.24) is 0 Å². The molecule has 0 radical (unpaired) electrons. The fourth-order valence-electron chi connectivity index (χ4n) is 1.99. The number of halogens is 1. The maximum Gasteiger partial charge on any atom is 0.224 e. The summed E-state index contributed by atoms with van der Waals surface area (Å²) < 4.78 is 0.582. The predicted octanol–water partition coefficient (Wildman–Crippen LogP) is 5.13. The number of amides is 1. The molecule has 0 saturated carbocycles. The Bertz CT molecular complexity index is 662. The largest absolute Gasteiger partial charge is 0.326 e. The molecule has 0 spiro atoms. The van der Waals surface area contributed by atoms with Gasteiger partial charge in [-0.05, 0) is 35.7 Å². The lowest BCUT2D eigenvalue weighted by atomic mass is 10.0. The summed E-state index contributed by atoms with van der Waals surface area (Å²) in [5.41, 5.74) is 1.98. The molecule has 0 atom stereocenters. The van der Waals surface area contributed by atoms with E-state index in [0.717, 1.165) is 5.69 Å². The molecule has 2 rings (SSSR count). The number of anilines is 1. The summed E-state index contributed by atoms with van der Waals surface area (Å²) in [6, 6.07) is 11.1. The SMILES string of the molecule is CC(C)c1ccc(NC(=O)CCC(=O)c2ccc(Cl)s2)cc1. The van der Waals surface area contributed by atoms with E-state index in [1.165, 1.54) is 16.9 Å². The van der Waals surface area contributed by atoms with Gasteiger partial charge in [0.2, 0.25) is 5.91 Å². The van der Waals surface area contributed by atoms with E-state index < -0.39 is 0 Å². The molecule has 116 valence electrons. The molecule has 1 aromatic carbocycles. The third kappa shape index (κ3) is 4.68. The van der Waals surface area contributed by atoms with Crippen LogP contribution in [0.2, 0.25) is 4.34 Å². The average Bonchev–Trinajstić information content (AvgIpc) is 2.92. The second-order valence-electron chi connectivity index (χ2n) is 5.35. The molecule has 0 aliphatic rings. The third-order valence-corrected chi connectivity index (χ3v) is 4.56. The monoisotopic (exact) mass is 335 g/mol. The minimum Gasteiger partial charge on any atom is -0.326 e. The maximum atomic E-state index is 11.9. The van der Waals surface area contributed by atoms with E-state index in [0.29, 0.717) is 15.1 Å². The van der Waals surface area contributed by atoms with Crippen molar-refractivity contribution in [3.8, 4) is 0 Å². The van der Waals surface area contributed by atoms with Crippen molar-refractivity contribution in [2.45, 2.75) is 32.6 Å². The van der Waals surface area contributed by atoms with Crippen LogP contribution < -0.4 is 5.32 Å². The molecule has 0 aliphatic carbocycles. The number of nitrogens with one attached hydrogen (secondary N) is 1. The van der Waals surface area contributed by atoms with E-state index in [1.807, 2.05) is 24.3 Å². The Morgan fingerprint density at radius 3 is 2.32 bits per heavy atom. The number of carbonyl (C=O) groups is 2. The first-order chi connectivity index (χ1) is 10.5. The van der Waals surface area contributed by atoms with Crippen LogP contribution in [0.25, 0.3) is 0 Å². The predicted molar refractivity (Wildman–Crippen MR) is 92.1 cm³/mol. The molecule has 3 nitrogen and oxygen atoms in total. The summed E-state index contributed by atoms with van der Waals surface area (Å²) >= 11 is 7.04. The summed E-state index contributed by atoms with van der Waals surface area (Å²) in [4.78, 5) is 24.4. The molecule has 0 fully saturated rings. The van der Waals surface area contributed by atoms with E-state index in [-0.39, 0.29) is 24.5 Å². The number of benzene rings is 1. The Morgan fingerprint density at radius 2 is 1.77 bits per heavy atom. The van der Waals surface area contributed by atoms with Crippen molar-refractivity contribution in [3.63, 3.8) is 0 Å². The van der Waals surface area contributed by atoms with E-state index in [4.69, 9.17) is 11.6 Å². The molecule has 0 bridgehead atoms. The van der Waals surface area contributed by atoms with Gasteiger partial charge in [-0.3, -0.25) is 9.59 Å². The van der Waals surface area contributed by atoms with Crippen LogP contribution in [0, 0.1) is 0 Å². The molecule has 2 aromatic rings. The van der Waals surface area contributed by atoms with Crippen LogP contribution in [-0.4, -0.2) is 11.7 Å². The molecule has 5 heteroatoms. The van der Waals surface area contributed by atoms with Crippen molar-refractivity contribution in [2.75, 3.05) is 5.32 Å². The highest BCUT2D eigenvalue weighted by molar-refractivity contribution is 7.18. The Hall–Kier alpha value is -1.65. The van der Waals surface area contributed by atoms with Gasteiger partial charge in [0.1, 0.15) is 0 Å². The topological polar surface area (TPSA) is 46.2 Å². The first-order valence-electron chi connectivity index (χ1n) is 7.14. The average molecular weight is 336 g/mol. The van der Waals surface area contributed by atoms with Gasteiger partial charge in [0.15, 0.2) is 5.78 Å². The van der Waals surface area contributed by atoms with Gasteiger partial charge >= 0.3 is 0 Å². The van der Waals surface area contributed by atoms with Gasteiger partial charge in [-0.15, -0.1) is 11.3 Å². The lowest BCUT2D eigenvalue weighted by molar-refractivity contribution is -0.116. The summed E-state index contributed by atoms with van der Waals surface area (Å²) in [5, 5.41) is 2.81. The number of carbonyl (C=O) groups excluding carboxylic acids is 2. The van der Waals surface area contributed by atoms with Gasteiger partial charge in [-0.2, -0.15) is 0 Å². The lowest BCUT2D eigenvalue weighted by Crippen LogP contribution is -2.13. The Morgan fingerprint density at radius 1 is 1.09 bits per heavy atom. The van der Waals surface area contributed by atoms with Crippen molar-refractivity contribution in [3.05, 3.63) is 51.2 Å². The number of hydrogen-bond donors (Lipinski definition) is 1. The minimum absolute atomic E-state index is 0.0535. The van der Waals surface area contributed by atoms with Gasteiger partial charge in [-0.1, -0.05) is 37.6 Å². The minimum atomic E-state index is -0.159. The third-order valence-electron chi connectivity index (χ3n) is 3.29. The van der Waals surface area contributed by atoms with Crippen molar-refractivity contribution in [1.29, 1.82) is 0 Å². The van der Waals surface area contributed by atoms with Crippen LogP contribution >= 0.6 is 22.9 Å². The Labute approximate surface area is 139 Å². The van der Waals surface area contributed by atoms with Crippen molar-refractivity contribution >= 4 is 40.3 Å². The van der Waals surface area contributed by atoms with Crippen LogP contribution in [0.5, 0.6) is 0 Å². The van der Waals surface area contributed by atoms with E-state index in [9.17, 15) is 9.59 Å². The van der Waals surface area contributed by atoms with Crippen LogP contribution in [0.4, 0.5) is 5.69 Å².